The van der Waals surface area contributed by atoms with Crippen molar-refractivity contribution in [2.75, 3.05) is 7.11 Å². The maximum atomic E-state index is 6.26. The van der Waals surface area contributed by atoms with E-state index < -0.39 is 7.12 Å². The predicted molar refractivity (Wildman–Crippen MR) is 76.0 cm³/mol. The molecule has 1 fully saturated rings. The van der Waals surface area contributed by atoms with E-state index >= 15 is 0 Å². The van der Waals surface area contributed by atoms with Crippen molar-refractivity contribution < 1.29 is 14.0 Å². The molecule has 19 heavy (non-hydrogen) atoms. The highest BCUT2D eigenvalue weighted by molar-refractivity contribution is 6.47. The lowest BCUT2D eigenvalue weighted by molar-refractivity contribution is 0.00578. The van der Waals surface area contributed by atoms with E-state index in [0.717, 1.165) is 11.3 Å². The van der Waals surface area contributed by atoms with Crippen LogP contribution in [-0.4, -0.2) is 25.4 Å². The molecule has 0 aromatic heterocycles. The maximum Gasteiger partial charge on any atom is 0.480 e. The molecule has 0 aliphatic carbocycles. The number of methoxy groups -OCH3 is 1. The summed E-state index contributed by atoms with van der Waals surface area (Å²) < 4.78 is 17.1. The third-order valence-corrected chi connectivity index (χ3v) is 4.04. The first kappa shape index (κ1) is 14.4. The summed E-state index contributed by atoms with van der Waals surface area (Å²) in [5, 5.41) is 0. The van der Waals surface area contributed by atoms with Gasteiger partial charge in [-0.3, -0.25) is 0 Å². The van der Waals surface area contributed by atoms with Gasteiger partial charge in [-0.15, -0.1) is 0 Å². The van der Waals surface area contributed by atoms with Crippen molar-refractivity contribution in [2.45, 2.75) is 44.8 Å². The molecule has 4 nitrogen and oxygen atoms in total. The molecule has 0 unspecified atom stereocenters. The molecule has 1 aliphatic heterocycles. The minimum Gasteiger partial charge on any atom is -0.497 e. The Labute approximate surface area is 115 Å². The summed E-state index contributed by atoms with van der Waals surface area (Å²) in [4.78, 5) is 0. The molecule has 1 heterocycles. The number of hydrogen-bond acceptors (Lipinski definition) is 4. The summed E-state index contributed by atoms with van der Waals surface area (Å²) in [6.45, 7) is 8.08. The van der Waals surface area contributed by atoms with Crippen LogP contribution >= 0.6 is 0 Å². The molecular weight excluding hydrogens is 241 g/mol. The third kappa shape index (κ3) is 2.64. The van der Waals surface area contributed by atoms with Crippen molar-refractivity contribution in [3.05, 3.63) is 29.8 Å². The van der Waals surface area contributed by atoms with Crippen molar-refractivity contribution in [3.63, 3.8) is 0 Å². The SMILES string of the molecule is COc1cccc([C@H](N)B2OC(C)(C)C(C)(C)O2)c1. The summed E-state index contributed by atoms with van der Waals surface area (Å²) in [6.07, 6.45) is 0. The Kier molecular flexibility index (Phi) is 3.64. The van der Waals surface area contributed by atoms with Gasteiger partial charge in [0, 0.05) is 0 Å². The first-order chi connectivity index (χ1) is 8.77. The highest BCUT2D eigenvalue weighted by Crippen LogP contribution is 2.39. The fourth-order valence-corrected chi connectivity index (χ4v) is 2.04. The Morgan fingerprint density at radius 3 is 2.26 bits per heavy atom. The second-order valence-corrected chi connectivity index (χ2v) is 5.93. The second-order valence-electron chi connectivity index (χ2n) is 5.93. The second kappa shape index (κ2) is 4.82. The lowest BCUT2D eigenvalue weighted by Crippen LogP contribution is -2.41. The fourth-order valence-electron chi connectivity index (χ4n) is 2.04. The smallest absolute Gasteiger partial charge is 0.480 e. The highest BCUT2D eigenvalue weighted by atomic mass is 16.7. The van der Waals surface area contributed by atoms with E-state index in [4.69, 9.17) is 19.8 Å². The lowest BCUT2D eigenvalue weighted by atomic mass is 9.75. The van der Waals surface area contributed by atoms with Gasteiger partial charge in [0.05, 0.1) is 24.3 Å². The van der Waals surface area contributed by atoms with Crippen LogP contribution in [0.25, 0.3) is 0 Å². The fraction of sp³-hybridized carbons (Fsp3) is 0.571. The average Bonchev–Trinajstić information content (AvgIpc) is 2.57. The van der Waals surface area contributed by atoms with Crippen LogP contribution < -0.4 is 10.5 Å². The van der Waals surface area contributed by atoms with Gasteiger partial charge < -0.3 is 19.8 Å². The summed E-state index contributed by atoms with van der Waals surface area (Å²) in [7, 11) is 1.19. The van der Waals surface area contributed by atoms with Crippen LogP contribution in [0.3, 0.4) is 0 Å². The lowest BCUT2D eigenvalue weighted by Gasteiger charge is -2.32. The highest BCUT2D eigenvalue weighted by Gasteiger charge is 2.53. The predicted octanol–water partition coefficient (Wildman–Crippen LogP) is 2.33. The molecule has 1 aromatic rings. The van der Waals surface area contributed by atoms with Gasteiger partial charge in [0.15, 0.2) is 0 Å². The minimum atomic E-state index is -0.447. The number of benzene rings is 1. The van der Waals surface area contributed by atoms with Crippen molar-refractivity contribution >= 4 is 7.12 Å². The Balaban J connectivity index is 2.19. The van der Waals surface area contributed by atoms with E-state index in [1.54, 1.807) is 7.11 Å². The molecule has 0 spiro atoms. The standard InChI is InChI=1S/C14H22BNO3/c1-13(2)14(3,4)19-15(18-13)12(16)10-7-6-8-11(9-10)17-5/h6-9,12H,16H2,1-5H3/t12-/m0/s1. The largest absolute Gasteiger partial charge is 0.497 e. The van der Waals surface area contributed by atoms with Crippen molar-refractivity contribution in [1.82, 2.24) is 0 Å². The first-order valence-electron chi connectivity index (χ1n) is 6.52. The molecule has 0 radical (unpaired) electrons. The van der Waals surface area contributed by atoms with Gasteiger partial charge in [0.25, 0.3) is 0 Å². The number of ether oxygens (including phenoxy) is 1. The van der Waals surface area contributed by atoms with Crippen LogP contribution in [0.4, 0.5) is 0 Å². The monoisotopic (exact) mass is 263 g/mol. The van der Waals surface area contributed by atoms with E-state index in [0.29, 0.717) is 0 Å². The Morgan fingerprint density at radius 2 is 1.74 bits per heavy atom. The molecule has 0 saturated carbocycles. The molecule has 2 rings (SSSR count). The molecule has 1 aliphatic rings. The summed E-state index contributed by atoms with van der Waals surface area (Å²) in [6, 6.07) is 7.67. The van der Waals surface area contributed by atoms with Crippen LogP contribution in [-0.2, 0) is 9.31 Å². The minimum absolute atomic E-state index is 0.337. The zero-order valence-corrected chi connectivity index (χ0v) is 12.3. The Morgan fingerprint density at radius 1 is 1.16 bits per heavy atom. The first-order valence-corrected chi connectivity index (χ1v) is 6.52. The maximum absolute atomic E-state index is 6.26. The zero-order chi connectivity index (χ0) is 14.3. The van der Waals surface area contributed by atoms with E-state index in [1.807, 2.05) is 52.0 Å². The van der Waals surface area contributed by atoms with Gasteiger partial charge >= 0.3 is 7.12 Å². The van der Waals surface area contributed by atoms with E-state index in [-0.39, 0.29) is 17.1 Å². The molecule has 1 atom stereocenters. The molecule has 0 amide bonds. The van der Waals surface area contributed by atoms with Gasteiger partial charge in [-0.25, -0.2) is 0 Å². The quantitative estimate of drug-likeness (QED) is 0.850. The molecule has 2 N–H and O–H groups in total. The van der Waals surface area contributed by atoms with Crippen LogP contribution in [0.5, 0.6) is 5.75 Å². The molecule has 0 bridgehead atoms. The van der Waals surface area contributed by atoms with Crippen LogP contribution in [0.15, 0.2) is 24.3 Å². The molecule has 5 heteroatoms. The van der Waals surface area contributed by atoms with Gasteiger partial charge in [0.2, 0.25) is 0 Å². The van der Waals surface area contributed by atoms with E-state index in [1.165, 1.54) is 0 Å². The zero-order valence-electron chi connectivity index (χ0n) is 12.3. The summed E-state index contributed by atoms with van der Waals surface area (Å²) >= 11 is 0. The van der Waals surface area contributed by atoms with E-state index in [9.17, 15) is 0 Å². The van der Waals surface area contributed by atoms with Gasteiger partial charge in [0.1, 0.15) is 5.75 Å². The molecule has 1 saturated heterocycles. The average molecular weight is 263 g/mol. The Hall–Kier alpha value is -1.04. The Bertz CT molecular complexity index is 446. The number of hydrogen-bond donors (Lipinski definition) is 1. The molecule has 1 aromatic carbocycles. The number of nitrogens with two attached hydrogens (primary N) is 1. The number of rotatable bonds is 3. The van der Waals surface area contributed by atoms with Gasteiger partial charge in [-0.1, -0.05) is 12.1 Å². The van der Waals surface area contributed by atoms with Gasteiger partial charge in [-0.2, -0.15) is 0 Å². The van der Waals surface area contributed by atoms with Crippen molar-refractivity contribution in [1.29, 1.82) is 0 Å². The third-order valence-electron chi connectivity index (χ3n) is 4.04. The molecule has 104 valence electrons. The normalized spacial score (nSPS) is 22.3. The molecular formula is C14H22BNO3. The van der Waals surface area contributed by atoms with Crippen molar-refractivity contribution in [3.8, 4) is 5.75 Å². The summed E-state index contributed by atoms with van der Waals surface area (Å²) in [5.74, 6) is 0.445. The van der Waals surface area contributed by atoms with Crippen LogP contribution in [0, 0.1) is 0 Å². The summed E-state index contributed by atoms with van der Waals surface area (Å²) in [5.41, 5.74) is 6.47. The van der Waals surface area contributed by atoms with E-state index in [2.05, 4.69) is 0 Å². The van der Waals surface area contributed by atoms with Crippen LogP contribution in [0.1, 0.15) is 39.2 Å². The van der Waals surface area contributed by atoms with Crippen molar-refractivity contribution in [2.24, 2.45) is 5.73 Å². The van der Waals surface area contributed by atoms with Gasteiger partial charge in [-0.05, 0) is 45.4 Å². The van der Waals surface area contributed by atoms with Crippen LogP contribution in [0.2, 0.25) is 0 Å². The topological polar surface area (TPSA) is 53.7 Å².